The molecule has 1 unspecified atom stereocenters. The molecule has 1 aromatic heterocycles. The zero-order chi connectivity index (χ0) is 8.27. The number of aromatic nitrogens is 2. The molecule has 0 aliphatic carbocycles. The second-order valence-electron chi connectivity index (χ2n) is 2.19. The van der Waals surface area contributed by atoms with Crippen LogP contribution in [0.3, 0.4) is 0 Å². The van der Waals surface area contributed by atoms with Crippen LogP contribution in [0, 0.1) is 0 Å². The van der Waals surface area contributed by atoms with Crippen LogP contribution in [-0.4, -0.2) is 21.3 Å². The van der Waals surface area contributed by atoms with Crippen molar-refractivity contribution in [2.24, 2.45) is 5.73 Å². The molecule has 0 saturated heterocycles. The maximum Gasteiger partial charge on any atom is 0.238 e. The van der Waals surface area contributed by atoms with E-state index in [1.165, 1.54) is 6.33 Å². The Kier molecular flexibility index (Phi) is 2.62. The van der Waals surface area contributed by atoms with Crippen LogP contribution in [0.25, 0.3) is 0 Å². The standard InChI is InChI=1S/C6H8ClN3O/c7-6(11)5(8)1-4-2-9-3-10-4/h2-3,5H,1,8H2,(H,9,10). The molecule has 1 rings (SSSR count). The van der Waals surface area contributed by atoms with Gasteiger partial charge in [0.25, 0.3) is 0 Å². The van der Waals surface area contributed by atoms with Crippen molar-refractivity contribution in [3.05, 3.63) is 18.2 Å². The molecule has 0 amide bonds. The first-order valence-corrected chi connectivity index (χ1v) is 3.50. The van der Waals surface area contributed by atoms with E-state index in [1.807, 2.05) is 0 Å². The van der Waals surface area contributed by atoms with E-state index < -0.39 is 11.3 Å². The van der Waals surface area contributed by atoms with Crippen molar-refractivity contribution in [3.8, 4) is 0 Å². The average Bonchev–Trinajstić information content (AvgIpc) is 2.39. The number of hydrogen-bond acceptors (Lipinski definition) is 3. The number of carbonyl (C=O) groups is 1. The van der Waals surface area contributed by atoms with Crippen molar-refractivity contribution in [1.29, 1.82) is 0 Å². The summed E-state index contributed by atoms with van der Waals surface area (Å²) in [6.45, 7) is 0. The number of hydrogen-bond donors (Lipinski definition) is 2. The second-order valence-corrected chi connectivity index (χ2v) is 2.56. The first-order chi connectivity index (χ1) is 5.20. The lowest BCUT2D eigenvalue weighted by molar-refractivity contribution is -0.112. The maximum absolute atomic E-state index is 10.5. The van der Waals surface area contributed by atoms with Crippen LogP contribution in [-0.2, 0) is 11.2 Å². The molecule has 1 aromatic rings. The Labute approximate surface area is 68.8 Å². The van der Waals surface area contributed by atoms with Gasteiger partial charge in [-0.3, -0.25) is 4.79 Å². The number of nitrogens with zero attached hydrogens (tertiary/aromatic N) is 1. The monoisotopic (exact) mass is 173 g/mol. The molecule has 11 heavy (non-hydrogen) atoms. The highest BCUT2D eigenvalue weighted by molar-refractivity contribution is 6.64. The molecule has 1 atom stereocenters. The van der Waals surface area contributed by atoms with Gasteiger partial charge in [0.2, 0.25) is 5.24 Å². The van der Waals surface area contributed by atoms with Crippen LogP contribution in [0.1, 0.15) is 5.69 Å². The van der Waals surface area contributed by atoms with Crippen LogP contribution in [0.5, 0.6) is 0 Å². The zero-order valence-electron chi connectivity index (χ0n) is 5.75. The molecule has 0 saturated carbocycles. The number of nitrogens with one attached hydrogen (secondary N) is 1. The predicted octanol–water partition coefficient (Wildman–Crippen LogP) is 0.0449. The molecular weight excluding hydrogens is 166 g/mol. The Bertz CT molecular complexity index is 234. The number of H-pyrrole nitrogens is 1. The lowest BCUT2D eigenvalue weighted by Crippen LogP contribution is -2.29. The molecule has 0 aliphatic rings. The quantitative estimate of drug-likeness (QED) is 0.635. The van der Waals surface area contributed by atoms with E-state index in [2.05, 4.69) is 9.97 Å². The molecule has 4 nitrogen and oxygen atoms in total. The Balaban J connectivity index is 2.50. The van der Waals surface area contributed by atoms with Gasteiger partial charge in [0.1, 0.15) is 0 Å². The van der Waals surface area contributed by atoms with Gasteiger partial charge in [0.15, 0.2) is 0 Å². The smallest absolute Gasteiger partial charge is 0.238 e. The normalized spacial score (nSPS) is 12.9. The summed E-state index contributed by atoms with van der Waals surface area (Å²) >= 11 is 5.15. The molecule has 5 heteroatoms. The van der Waals surface area contributed by atoms with Gasteiger partial charge >= 0.3 is 0 Å². The fraction of sp³-hybridized carbons (Fsp3) is 0.333. The first kappa shape index (κ1) is 8.23. The lowest BCUT2D eigenvalue weighted by atomic mass is 10.2. The van der Waals surface area contributed by atoms with E-state index in [0.29, 0.717) is 6.42 Å². The minimum atomic E-state index is -0.642. The Morgan fingerprint density at radius 2 is 2.64 bits per heavy atom. The number of rotatable bonds is 3. The third-order valence-electron chi connectivity index (χ3n) is 1.29. The highest BCUT2D eigenvalue weighted by Crippen LogP contribution is 1.98. The van der Waals surface area contributed by atoms with Crippen LogP contribution in [0.2, 0.25) is 0 Å². The SMILES string of the molecule is NC(Cc1cnc[nH]1)C(=O)Cl. The summed E-state index contributed by atoms with van der Waals surface area (Å²) in [5.41, 5.74) is 6.19. The van der Waals surface area contributed by atoms with Gasteiger partial charge in [0, 0.05) is 18.3 Å². The lowest BCUT2D eigenvalue weighted by Gasteiger charge is -2.02. The van der Waals surface area contributed by atoms with E-state index >= 15 is 0 Å². The topological polar surface area (TPSA) is 71.8 Å². The van der Waals surface area contributed by atoms with E-state index in [1.54, 1.807) is 6.20 Å². The van der Waals surface area contributed by atoms with Crippen molar-refractivity contribution >= 4 is 16.8 Å². The summed E-state index contributed by atoms with van der Waals surface area (Å²) in [6, 6.07) is -0.642. The molecule has 0 radical (unpaired) electrons. The van der Waals surface area contributed by atoms with Crippen molar-refractivity contribution in [2.45, 2.75) is 12.5 Å². The van der Waals surface area contributed by atoms with Crippen molar-refractivity contribution in [3.63, 3.8) is 0 Å². The molecule has 0 aromatic carbocycles. The minimum absolute atomic E-state index is 0.405. The van der Waals surface area contributed by atoms with E-state index in [4.69, 9.17) is 17.3 Å². The van der Waals surface area contributed by atoms with Crippen molar-refractivity contribution in [1.82, 2.24) is 9.97 Å². The summed E-state index contributed by atoms with van der Waals surface area (Å²) in [4.78, 5) is 17.1. The molecule has 0 spiro atoms. The highest BCUT2D eigenvalue weighted by atomic mass is 35.5. The first-order valence-electron chi connectivity index (χ1n) is 3.12. The van der Waals surface area contributed by atoms with Crippen LogP contribution in [0.4, 0.5) is 0 Å². The van der Waals surface area contributed by atoms with Crippen LogP contribution >= 0.6 is 11.6 Å². The van der Waals surface area contributed by atoms with E-state index in [9.17, 15) is 4.79 Å². The van der Waals surface area contributed by atoms with E-state index in [-0.39, 0.29) is 0 Å². The predicted molar refractivity (Wildman–Crippen MR) is 41.1 cm³/mol. The van der Waals surface area contributed by atoms with E-state index in [0.717, 1.165) is 5.69 Å². The van der Waals surface area contributed by atoms with Gasteiger partial charge in [-0.1, -0.05) is 0 Å². The highest BCUT2D eigenvalue weighted by Gasteiger charge is 2.11. The number of imidazole rings is 1. The molecule has 0 aliphatic heterocycles. The third kappa shape index (κ3) is 2.32. The van der Waals surface area contributed by atoms with Gasteiger partial charge in [-0.05, 0) is 11.6 Å². The van der Waals surface area contributed by atoms with Gasteiger partial charge in [-0.25, -0.2) is 4.98 Å². The Morgan fingerprint density at radius 3 is 3.09 bits per heavy atom. The van der Waals surface area contributed by atoms with Crippen LogP contribution < -0.4 is 5.73 Å². The van der Waals surface area contributed by atoms with Gasteiger partial charge in [-0.2, -0.15) is 0 Å². The van der Waals surface area contributed by atoms with Gasteiger partial charge in [0.05, 0.1) is 12.4 Å². The molecule has 0 bridgehead atoms. The molecule has 60 valence electrons. The van der Waals surface area contributed by atoms with Crippen LogP contribution in [0.15, 0.2) is 12.5 Å². The average molecular weight is 174 g/mol. The minimum Gasteiger partial charge on any atom is -0.348 e. The van der Waals surface area contributed by atoms with Crippen molar-refractivity contribution in [2.75, 3.05) is 0 Å². The van der Waals surface area contributed by atoms with Crippen molar-refractivity contribution < 1.29 is 4.79 Å². The second kappa shape index (κ2) is 3.50. The Hall–Kier alpha value is -0.870. The fourth-order valence-corrected chi connectivity index (χ4v) is 0.791. The zero-order valence-corrected chi connectivity index (χ0v) is 6.51. The van der Waals surface area contributed by atoms with Gasteiger partial charge in [-0.15, -0.1) is 0 Å². The number of nitrogens with two attached hydrogens (primary N) is 1. The summed E-state index contributed by atoms with van der Waals surface area (Å²) in [5.74, 6) is 0. The Morgan fingerprint density at radius 1 is 1.91 bits per heavy atom. The number of aromatic amines is 1. The fourth-order valence-electron chi connectivity index (χ4n) is 0.713. The molecule has 0 fully saturated rings. The third-order valence-corrected chi connectivity index (χ3v) is 1.57. The number of halogens is 1. The maximum atomic E-state index is 10.5. The summed E-state index contributed by atoms with van der Waals surface area (Å²) in [5, 5.41) is -0.528. The largest absolute Gasteiger partial charge is 0.348 e. The summed E-state index contributed by atoms with van der Waals surface area (Å²) < 4.78 is 0. The number of carbonyl (C=O) groups excluding carboxylic acids is 1. The molecular formula is C6H8ClN3O. The summed E-state index contributed by atoms with van der Waals surface area (Å²) in [7, 11) is 0. The molecule has 1 heterocycles. The molecule has 3 N–H and O–H groups in total. The van der Waals surface area contributed by atoms with Gasteiger partial charge < -0.3 is 10.7 Å². The summed E-state index contributed by atoms with van der Waals surface area (Å²) in [6.07, 6.45) is 3.54.